The number of rotatable bonds is 17. The minimum atomic E-state index is -0.774. The van der Waals surface area contributed by atoms with Crippen LogP contribution >= 0.6 is 47.0 Å². The molecule has 3 rings (SSSR count). The zero-order valence-corrected chi connectivity index (χ0v) is 27.8. The summed E-state index contributed by atoms with van der Waals surface area (Å²) in [5.74, 6) is 1.42. The van der Waals surface area contributed by atoms with Gasteiger partial charge in [-0.25, -0.2) is 0 Å². The number of primary amides is 1. The Morgan fingerprint density at radius 1 is 0.929 bits per heavy atom. The van der Waals surface area contributed by atoms with Gasteiger partial charge in [0, 0.05) is 0 Å². The molecule has 2 aliphatic heterocycles. The quantitative estimate of drug-likeness (QED) is 0.0746. The predicted molar refractivity (Wildman–Crippen MR) is 172 cm³/mol. The summed E-state index contributed by atoms with van der Waals surface area (Å²) in [6.45, 7) is 17.3. The maximum absolute atomic E-state index is 12.1. The molecule has 0 radical (unpaired) electrons. The minimum absolute atomic E-state index is 0.0895. The van der Waals surface area contributed by atoms with Crippen molar-refractivity contribution in [1.82, 2.24) is 5.32 Å². The minimum Gasteiger partial charge on any atom is -0.491 e. The van der Waals surface area contributed by atoms with E-state index in [2.05, 4.69) is 37.9 Å². The van der Waals surface area contributed by atoms with Crippen LogP contribution in [0.3, 0.4) is 0 Å². The Bertz CT molecular complexity index is 1250. The van der Waals surface area contributed by atoms with Gasteiger partial charge in [-0.1, -0.05) is 120 Å². The van der Waals surface area contributed by atoms with E-state index < -0.39 is 5.91 Å². The van der Waals surface area contributed by atoms with Crippen LogP contribution in [-0.2, 0) is 9.59 Å². The number of unbranched alkanes of at least 4 members (excludes halogenated alkanes) is 2. The molecule has 0 saturated heterocycles. The van der Waals surface area contributed by atoms with Crippen molar-refractivity contribution in [3.63, 3.8) is 0 Å². The Balaban J connectivity index is 2.18. The Kier molecular flexibility index (Phi) is 13.8. The van der Waals surface area contributed by atoms with E-state index in [-0.39, 0.29) is 11.4 Å². The molecule has 2 amide bonds. The number of ether oxygens (including phenoxy) is 2. The molecule has 2 unspecified atom stereocenters. The van der Waals surface area contributed by atoms with Crippen LogP contribution in [0.15, 0.2) is 39.5 Å². The zero-order valence-electron chi connectivity index (χ0n) is 24.5. The summed E-state index contributed by atoms with van der Waals surface area (Å²) >= 11 is 5.36. The van der Waals surface area contributed by atoms with E-state index in [9.17, 15) is 14.9 Å². The molecule has 8 nitrogen and oxygen atoms in total. The second-order valence-electron chi connectivity index (χ2n) is 9.99. The van der Waals surface area contributed by atoms with Crippen LogP contribution in [0.4, 0.5) is 0 Å². The molecule has 2 heterocycles. The number of nitriles is 1. The topological polar surface area (TPSA) is 119 Å². The summed E-state index contributed by atoms with van der Waals surface area (Å²) in [6.07, 6.45) is 9.03. The first-order valence-corrected chi connectivity index (χ1v) is 17.6. The van der Waals surface area contributed by atoms with Crippen molar-refractivity contribution in [3.05, 3.63) is 31.3 Å². The van der Waals surface area contributed by atoms with E-state index in [1.54, 1.807) is 0 Å². The molecule has 226 valence electrons. The largest absolute Gasteiger partial charge is 0.491 e. The Hall–Kier alpha value is -2.38. The fourth-order valence-corrected chi connectivity index (χ4v) is 9.81. The number of hydrogen-bond acceptors (Lipinski definition) is 9. The van der Waals surface area contributed by atoms with E-state index in [0.29, 0.717) is 51.4 Å². The van der Waals surface area contributed by atoms with E-state index in [0.717, 1.165) is 70.9 Å². The molecule has 0 saturated carbocycles. The molecule has 0 fully saturated rings. The molecule has 0 aromatic heterocycles. The SMILES string of the molecule is [C-]#[N+]C(NC=O)=C1Sc2c(OCC(CC)CCCC)c3c(c(OCC(CC)CCCC)c2S1)SC(=C(C#N)C(N)=O)S3. The van der Waals surface area contributed by atoms with E-state index in [4.69, 9.17) is 21.8 Å². The van der Waals surface area contributed by atoms with Crippen LogP contribution in [-0.4, -0.2) is 25.5 Å². The van der Waals surface area contributed by atoms with Gasteiger partial charge >= 0.3 is 0 Å². The average Bonchev–Trinajstić information content (AvgIpc) is 3.62. The van der Waals surface area contributed by atoms with E-state index in [1.807, 2.05) is 6.07 Å². The highest BCUT2D eigenvalue weighted by molar-refractivity contribution is 8.26. The molecule has 2 atom stereocenters. The van der Waals surface area contributed by atoms with E-state index >= 15 is 0 Å². The van der Waals surface area contributed by atoms with Crippen LogP contribution in [0.1, 0.15) is 79.1 Å². The molecule has 0 bridgehead atoms. The molecule has 1 aromatic carbocycles. The van der Waals surface area contributed by atoms with Crippen molar-refractivity contribution in [3.8, 4) is 17.6 Å². The predicted octanol–water partition coefficient (Wildman–Crippen LogP) is 8.28. The Morgan fingerprint density at radius 2 is 1.38 bits per heavy atom. The van der Waals surface area contributed by atoms with Gasteiger partial charge in [0.1, 0.15) is 23.1 Å². The van der Waals surface area contributed by atoms with Crippen molar-refractivity contribution in [2.24, 2.45) is 17.6 Å². The molecule has 1 aromatic rings. The Morgan fingerprint density at radius 3 is 1.71 bits per heavy atom. The van der Waals surface area contributed by atoms with Crippen molar-refractivity contribution >= 4 is 59.4 Å². The van der Waals surface area contributed by atoms with Crippen molar-refractivity contribution < 1.29 is 19.1 Å². The van der Waals surface area contributed by atoms with Gasteiger partial charge in [-0.3, -0.25) is 14.9 Å². The number of carbonyl (C=O) groups excluding carboxylic acids is 2. The molecule has 12 heteroatoms. The fourth-order valence-electron chi connectivity index (χ4n) is 4.46. The lowest BCUT2D eigenvalue weighted by Gasteiger charge is -2.22. The van der Waals surface area contributed by atoms with Crippen LogP contribution in [0.2, 0.25) is 0 Å². The van der Waals surface area contributed by atoms with Gasteiger partial charge in [-0.15, -0.1) is 0 Å². The first kappa shape index (κ1) is 34.1. The monoisotopic (exact) mass is 646 g/mol. The first-order chi connectivity index (χ1) is 20.4. The summed E-state index contributed by atoms with van der Waals surface area (Å²) in [6, 6.07) is 1.97. The molecular formula is C30H38N4O4S4. The summed E-state index contributed by atoms with van der Waals surface area (Å²) in [5.41, 5.74) is 5.48. The number of nitrogens with zero attached hydrogens (tertiary/aromatic N) is 2. The van der Waals surface area contributed by atoms with Crippen LogP contribution < -0.4 is 20.5 Å². The third-order valence-electron chi connectivity index (χ3n) is 7.09. The number of hydrogen-bond donors (Lipinski definition) is 2. The van der Waals surface area contributed by atoms with Gasteiger partial charge in [0.05, 0.1) is 41.3 Å². The standard InChI is InChI=1S/C30H38N4O4S4/c1-6-10-12-18(8-3)15-37-21-23-24(40-29(39-23)20(14-31)27(32)36)22(38-16-19(9-4)13-11-7-2)26-25(21)41-30(42-26)28(33-5)34-17-35/h17-19H,6-13,15-16H2,1-4H3,(H2,32,36)(H,34,35). The third-order valence-corrected chi connectivity index (χ3v) is 12.3. The summed E-state index contributed by atoms with van der Waals surface area (Å²) < 4.78 is 14.4. The molecule has 2 aliphatic rings. The lowest BCUT2D eigenvalue weighted by molar-refractivity contribution is -0.114. The maximum atomic E-state index is 12.1. The van der Waals surface area contributed by atoms with Crippen LogP contribution in [0, 0.1) is 29.7 Å². The number of fused-ring (bicyclic) bond motifs is 2. The van der Waals surface area contributed by atoms with Gasteiger partial charge in [0.2, 0.25) is 0 Å². The second-order valence-corrected chi connectivity index (χ2v) is 14.6. The summed E-state index contributed by atoms with van der Waals surface area (Å²) in [5, 5.41) is 12.2. The van der Waals surface area contributed by atoms with Crippen molar-refractivity contribution in [2.45, 2.75) is 98.6 Å². The van der Waals surface area contributed by atoms with Gasteiger partial charge in [-0.05, 0) is 24.7 Å². The lowest BCUT2D eigenvalue weighted by Crippen LogP contribution is -2.14. The smallest absolute Gasteiger partial charge is 0.280 e. The molecule has 42 heavy (non-hydrogen) atoms. The number of nitrogens with two attached hydrogens (primary N) is 1. The van der Waals surface area contributed by atoms with Crippen LogP contribution in [0.5, 0.6) is 11.5 Å². The zero-order chi connectivity index (χ0) is 30.6. The molecule has 0 spiro atoms. The maximum Gasteiger partial charge on any atom is 0.280 e. The second kappa shape index (κ2) is 17.0. The average molecular weight is 647 g/mol. The highest BCUT2D eigenvalue weighted by atomic mass is 32.2. The highest BCUT2D eigenvalue weighted by Crippen LogP contribution is 2.68. The van der Waals surface area contributed by atoms with Gasteiger partial charge in [-0.2, -0.15) is 5.26 Å². The van der Waals surface area contributed by atoms with E-state index in [1.165, 1.54) is 47.0 Å². The van der Waals surface area contributed by atoms with Crippen molar-refractivity contribution in [1.29, 1.82) is 5.26 Å². The highest BCUT2D eigenvalue weighted by Gasteiger charge is 2.39. The lowest BCUT2D eigenvalue weighted by atomic mass is 10.0. The first-order valence-electron chi connectivity index (χ1n) is 14.3. The van der Waals surface area contributed by atoms with Gasteiger partial charge < -0.3 is 20.1 Å². The summed E-state index contributed by atoms with van der Waals surface area (Å²) in [7, 11) is 0. The fraction of sp³-hybridized carbons (Fsp3) is 0.533. The van der Waals surface area contributed by atoms with Gasteiger partial charge in [0.25, 0.3) is 18.1 Å². The number of carbonyl (C=O) groups is 2. The third kappa shape index (κ3) is 8.16. The normalized spacial score (nSPS) is 14.7. The molecular weight excluding hydrogens is 609 g/mol. The number of benzene rings is 1. The number of amides is 2. The number of nitrogens with one attached hydrogen (secondary N) is 1. The Labute approximate surface area is 266 Å². The van der Waals surface area contributed by atoms with Crippen LogP contribution in [0.25, 0.3) is 4.85 Å². The number of thioether (sulfide) groups is 4. The summed E-state index contributed by atoms with van der Waals surface area (Å²) in [4.78, 5) is 30.1. The van der Waals surface area contributed by atoms with Gasteiger partial charge in [0.15, 0.2) is 0 Å². The molecule has 0 aliphatic carbocycles. The van der Waals surface area contributed by atoms with Crippen molar-refractivity contribution in [2.75, 3.05) is 13.2 Å². The molecule has 3 N–H and O–H groups in total.